The molecule has 0 saturated carbocycles. The maximum Gasteiger partial charge on any atom is 0.186 e. The molecule has 144 valence electrons. The van der Waals surface area contributed by atoms with E-state index in [-0.39, 0.29) is 0 Å². The number of aryl methyl sites for hydroxylation is 2. The van der Waals surface area contributed by atoms with E-state index in [0.717, 1.165) is 53.2 Å². The normalized spacial score (nSPS) is 15.0. The summed E-state index contributed by atoms with van der Waals surface area (Å²) in [6, 6.07) is 10.5. The Balaban J connectivity index is 1.34. The van der Waals surface area contributed by atoms with Crippen LogP contribution in [0.15, 0.2) is 30.3 Å². The van der Waals surface area contributed by atoms with E-state index in [1.165, 1.54) is 20.5 Å². The number of hydrogen-bond donors (Lipinski definition) is 0. The van der Waals surface area contributed by atoms with Gasteiger partial charge in [-0.1, -0.05) is 28.7 Å². The van der Waals surface area contributed by atoms with Gasteiger partial charge in [0.2, 0.25) is 0 Å². The Morgan fingerprint density at radius 3 is 2.25 bits per heavy atom. The van der Waals surface area contributed by atoms with Crippen molar-refractivity contribution in [3.8, 4) is 5.75 Å². The number of ether oxygens (including phenoxy) is 1. The number of nitrogens with zero attached hydrogens (tertiary/aromatic N) is 4. The van der Waals surface area contributed by atoms with Crippen LogP contribution in [0.1, 0.15) is 11.1 Å². The fourth-order valence-corrected chi connectivity index (χ4v) is 5.81. The summed E-state index contributed by atoms with van der Waals surface area (Å²) in [6.07, 6.45) is 0. The number of hydrogen-bond acceptors (Lipinski definition) is 7. The van der Waals surface area contributed by atoms with Crippen molar-refractivity contribution >= 4 is 53.4 Å². The largest absolute Gasteiger partial charge is 0.497 e. The molecule has 7 heteroatoms. The molecule has 0 spiro atoms. The molecular formula is C21H22N4OS2. The molecule has 4 aromatic rings. The maximum atomic E-state index is 5.32. The first-order chi connectivity index (χ1) is 13.6. The summed E-state index contributed by atoms with van der Waals surface area (Å²) >= 11 is 3.57. The molecule has 1 saturated heterocycles. The molecule has 0 radical (unpaired) electrons. The Labute approximate surface area is 172 Å². The summed E-state index contributed by atoms with van der Waals surface area (Å²) in [7, 11) is 1.69. The van der Waals surface area contributed by atoms with Crippen molar-refractivity contribution in [2.75, 3.05) is 43.1 Å². The molecule has 2 aromatic heterocycles. The third-order valence-electron chi connectivity index (χ3n) is 5.21. The van der Waals surface area contributed by atoms with Crippen LogP contribution < -0.4 is 14.5 Å². The fraction of sp³-hybridized carbons (Fsp3) is 0.333. The summed E-state index contributed by atoms with van der Waals surface area (Å²) < 4.78 is 7.83. The number of aromatic nitrogens is 2. The van der Waals surface area contributed by atoms with Gasteiger partial charge in [-0.25, -0.2) is 9.97 Å². The Bertz CT molecular complexity index is 1160. The number of anilines is 2. The van der Waals surface area contributed by atoms with Gasteiger partial charge in [0.25, 0.3) is 0 Å². The van der Waals surface area contributed by atoms with Crippen molar-refractivity contribution < 1.29 is 4.74 Å². The highest BCUT2D eigenvalue weighted by molar-refractivity contribution is 7.22. The van der Waals surface area contributed by atoms with Crippen molar-refractivity contribution in [1.82, 2.24) is 9.97 Å². The smallest absolute Gasteiger partial charge is 0.186 e. The molecule has 1 fully saturated rings. The zero-order chi connectivity index (χ0) is 19.3. The van der Waals surface area contributed by atoms with E-state index in [1.54, 1.807) is 18.4 Å². The second-order valence-corrected chi connectivity index (χ2v) is 9.22. The Morgan fingerprint density at radius 1 is 0.857 bits per heavy atom. The quantitative estimate of drug-likeness (QED) is 0.483. The predicted molar refractivity (Wildman–Crippen MR) is 120 cm³/mol. The Morgan fingerprint density at radius 2 is 1.54 bits per heavy atom. The monoisotopic (exact) mass is 410 g/mol. The molecular weight excluding hydrogens is 388 g/mol. The van der Waals surface area contributed by atoms with E-state index in [0.29, 0.717) is 0 Å². The lowest BCUT2D eigenvalue weighted by atomic mass is 10.1. The molecule has 28 heavy (non-hydrogen) atoms. The maximum absolute atomic E-state index is 5.32. The minimum Gasteiger partial charge on any atom is -0.497 e. The SMILES string of the molecule is COc1ccc2sc(N3CCN(c4nc5cc(C)cc(C)c5s4)CC3)nc2c1. The first-order valence-electron chi connectivity index (χ1n) is 9.43. The van der Waals surface area contributed by atoms with E-state index in [2.05, 4.69) is 41.8 Å². The summed E-state index contributed by atoms with van der Waals surface area (Å²) in [5.41, 5.74) is 4.74. The molecule has 0 bridgehead atoms. The minimum absolute atomic E-state index is 0.857. The molecule has 5 rings (SSSR count). The fourth-order valence-electron chi connectivity index (χ4n) is 3.75. The van der Waals surface area contributed by atoms with Crippen molar-refractivity contribution in [3.05, 3.63) is 41.5 Å². The zero-order valence-corrected chi connectivity index (χ0v) is 17.9. The van der Waals surface area contributed by atoms with Gasteiger partial charge in [0, 0.05) is 32.2 Å². The zero-order valence-electron chi connectivity index (χ0n) is 16.2. The van der Waals surface area contributed by atoms with Crippen LogP contribution in [0.25, 0.3) is 20.4 Å². The van der Waals surface area contributed by atoms with Crippen LogP contribution in [0.4, 0.5) is 10.3 Å². The van der Waals surface area contributed by atoms with E-state index >= 15 is 0 Å². The van der Waals surface area contributed by atoms with Crippen molar-refractivity contribution in [2.45, 2.75) is 13.8 Å². The van der Waals surface area contributed by atoms with Crippen LogP contribution >= 0.6 is 22.7 Å². The highest BCUT2D eigenvalue weighted by atomic mass is 32.1. The number of fused-ring (bicyclic) bond motifs is 2. The Hall–Kier alpha value is -2.38. The summed E-state index contributed by atoms with van der Waals surface area (Å²) in [6.45, 7) is 8.18. The predicted octanol–water partition coefficient (Wildman–Crippen LogP) is 4.86. The topological polar surface area (TPSA) is 41.5 Å². The highest BCUT2D eigenvalue weighted by Crippen LogP contribution is 2.34. The van der Waals surface area contributed by atoms with Gasteiger partial charge >= 0.3 is 0 Å². The molecule has 0 unspecified atom stereocenters. The van der Waals surface area contributed by atoms with Crippen LogP contribution in [0.5, 0.6) is 5.75 Å². The average molecular weight is 411 g/mol. The number of benzene rings is 2. The molecule has 3 heterocycles. The molecule has 0 atom stereocenters. The average Bonchev–Trinajstić information content (AvgIpc) is 3.31. The lowest BCUT2D eigenvalue weighted by Gasteiger charge is -2.34. The van der Waals surface area contributed by atoms with E-state index < -0.39 is 0 Å². The van der Waals surface area contributed by atoms with E-state index in [4.69, 9.17) is 14.7 Å². The molecule has 0 amide bonds. The van der Waals surface area contributed by atoms with Gasteiger partial charge in [-0.15, -0.1) is 0 Å². The minimum atomic E-state index is 0.857. The number of thiazole rings is 2. The van der Waals surface area contributed by atoms with E-state index in [9.17, 15) is 0 Å². The molecule has 0 N–H and O–H groups in total. The standard InChI is InChI=1S/C21H22N4OS2/c1-13-10-14(2)19-17(11-13)23-21(28-19)25-8-6-24(7-9-25)20-22-16-12-15(26-3)4-5-18(16)27-20/h4-5,10-12H,6-9H2,1-3H3. The third-order valence-corrected chi connectivity index (χ3v) is 7.58. The van der Waals surface area contributed by atoms with Crippen LogP contribution in [-0.2, 0) is 0 Å². The second kappa shape index (κ2) is 6.90. The number of piperazine rings is 1. The lowest BCUT2D eigenvalue weighted by Crippen LogP contribution is -2.46. The van der Waals surface area contributed by atoms with E-state index in [1.807, 2.05) is 23.5 Å². The molecule has 0 aliphatic carbocycles. The first-order valence-corrected chi connectivity index (χ1v) is 11.1. The van der Waals surface area contributed by atoms with Crippen LogP contribution in [0.3, 0.4) is 0 Å². The highest BCUT2D eigenvalue weighted by Gasteiger charge is 2.22. The Kier molecular flexibility index (Phi) is 4.36. The van der Waals surface area contributed by atoms with Gasteiger partial charge in [0.15, 0.2) is 10.3 Å². The van der Waals surface area contributed by atoms with Gasteiger partial charge in [-0.2, -0.15) is 0 Å². The molecule has 1 aliphatic rings. The summed E-state index contributed by atoms with van der Waals surface area (Å²) in [5, 5.41) is 2.23. The van der Waals surface area contributed by atoms with Crippen LogP contribution in [0, 0.1) is 13.8 Å². The first kappa shape index (κ1) is 17.7. The lowest BCUT2D eigenvalue weighted by molar-refractivity contribution is 0.415. The van der Waals surface area contributed by atoms with Crippen molar-refractivity contribution in [3.63, 3.8) is 0 Å². The number of rotatable bonds is 3. The molecule has 1 aliphatic heterocycles. The van der Waals surface area contributed by atoms with Gasteiger partial charge in [-0.05, 0) is 43.2 Å². The molecule has 5 nitrogen and oxygen atoms in total. The summed E-state index contributed by atoms with van der Waals surface area (Å²) in [5.74, 6) is 0.857. The van der Waals surface area contributed by atoms with Gasteiger partial charge in [0.05, 0.1) is 27.5 Å². The van der Waals surface area contributed by atoms with Crippen molar-refractivity contribution in [2.24, 2.45) is 0 Å². The number of methoxy groups -OCH3 is 1. The van der Waals surface area contributed by atoms with Crippen LogP contribution in [0.2, 0.25) is 0 Å². The van der Waals surface area contributed by atoms with Crippen molar-refractivity contribution in [1.29, 1.82) is 0 Å². The third kappa shape index (κ3) is 3.08. The second-order valence-electron chi connectivity index (χ2n) is 7.23. The van der Waals surface area contributed by atoms with Gasteiger partial charge in [-0.3, -0.25) is 0 Å². The summed E-state index contributed by atoms with van der Waals surface area (Å²) in [4.78, 5) is 14.5. The van der Waals surface area contributed by atoms with Gasteiger partial charge < -0.3 is 14.5 Å². The van der Waals surface area contributed by atoms with Gasteiger partial charge in [0.1, 0.15) is 5.75 Å². The molecule has 2 aromatic carbocycles. The van der Waals surface area contributed by atoms with Crippen LogP contribution in [-0.4, -0.2) is 43.3 Å².